The third kappa shape index (κ3) is 4.44. The van der Waals surface area contributed by atoms with Gasteiger partial charge in [0.2, 0.25) is 15.9 Å². The third-order valence-electron chi connectivity index (χ3n) is 6.51. The molecule has 2 fully saturated rings. The molecule has 8 nitrogen and oxygen atoms in total. The van der Waals surface area contributed by atoms with Gasteiger partial charge in [-0.05, 0) is 58.0 Å². The van der Waals surface area contributed by atoms with E-state index in [9.17, 15) is 13.2 Å². The van der Waals surface area contributed by atoms with Crippen molar-refractivity contribution in [2.45, 2.75) is 31.6 Å². The molecule has 0 atom stereocenters. The van der Waals surface area contributed by atoms with E-state index in [-0.39, 0.29) is 16.7 Å². The number of rotatable bonds is 4. The zero-order chi connectivity index (χ0) is 23.0. The number of carbonyl (C=O) groups is 1. The van der Waals surface area contributed by atoms with Crippen LogP contribution in [0.3, 0.4) is 0 Å². The van der Waals surface area contributed by atoms with Gasteiger partial charge in [0.1, 0.15) is 4.90 Å². The van der Waals surface area contributed by atoms with Crippen molar-refractivity contribution in [3.05, 3.63) is 40.7 Å². The number of carbonyl (C=O) groups excluding carboxylic acids is 1. The minimum atomic E-state index is -3.71. The molecule has 0 unspecified atom stereocenters. The predicted octanol–water partition coefficient (Wildman–Crippen LogP) is 2.32. The van der Waals surface area contributed by atoms with E-state index in [1.54, 1.807) is 30.7 Å². The topological polar surface area (TPSA) is 78.8 Å². The van der Waals surface area contributed by atoms with Gasteiger partial charge < -0.3 is 9.80 Å². The number of hydrogen-bond acceptors (Lipinski definition) is 5. The van der Waals surface area contributed by atoms with Crippen LogP contribution in [0.4, 0.5) is 0 Å². The second kappa shape index (κ2) is 9.13. The van der Waals surface area contributed by atoms with Gasteiger partial charge >= 0.3 is 0 Å². The van der Waals surface area contributed by atoms with Crippen molar-refractivity contribution in [3.8, 4) is 5.69 Å². The summed E-state index contributed by atoms with van der Waals surface area (Å²) in [7, 11) is -1.65. The summed E-state index contributed by atoms with van der Waals surface area (Å²) >= 11 is 5.98. The fourth-order valence-electron chi connectivity index (χ4n) is 4.59. The first-order valence-corrected chi connectivity index (χ1v) is 12.8. The van der Waals surface area contributed by atoms with Gasteiger partial charge in [-0.15, -0.1) is 0 Å². The van der Waals surface area contributed by atoms with Crippen molar-refractivity contribution in [1.29, 1.82) is 0 Å². The first kappa shape index (κ1) is 23.2. The van der Waals surface area contributed by atoms with Gasteiger partial charge in [0, 0.05) is 50.2 Å². The molecule has 32 heavy (non-hydrogen) atoms. The van der Waals surface area contributed by atoms with E-state index in [0.29, 0.717) is 42.3 Å². The van der Waals surface area contributed by atoms with E-state index < -0.39 is 10.0 Å². The van der Waals surface area contributed by atoms with Crippen molar-refractivity contribution in [2.24, 2.45) is 5.92 Å². The molecule has 0 radical (unpaired) electrons. The van der Waals surface area contributed by atoms with E-state index in [4.69, 9.17) is 11.6 Å². The zero-order valence-corrected chi connectivity index (χ0v) is 20.4. The Bertz CT molecular complexity index is 1080. The molecule has 0 aliphatic carbocycles. The van der Waals surface area contributed by atoms with E-state index in [0.717, 1.165) is 31.9 Å². The normalized spacial score (nSPS) is 19.4. The summed E-state index contributed by atoms with van der Waals surface area (Å²) in [5, 5.41) is 5.09. The van der Waals surface area contributed by atoms with Crippen LogP contribution >= 0.6 is 11.6 Å². The van der Waals surface area contributed by atoms with Crippen LogP contribution in [-0.2, 0) is 14.8 Å². The van der Waals surface area contributed by atoms with Crippen molar-refractivity contribution in [2.75, 3.05) is 46.3 Å². The van der Waals surface area contributed by atoms with E-state index >= 15 is 0 Å². The van der Waals surface area contributed by atoms with Crippen molar-refractivity contribution in [1.82, 2.24) is 23.9 Å². The number of aromatic nitrogens is 2. The van der Waals surface area contributed by atoms with Crippen LogP contribution < -0.4 is 0 Å². The van der Waals surface area contributed by atoms with Crippen LogP contribution in [0.15, 0.2) is 29.2 Å². The maximum absolute atomic E-state index is 13.5. The Morgan fingerprint density at radius 1 is 1.00 bits per heavy atom. The van der Waals surface area contributed by atoms with Gasteiger partial charge in [0.25, 0.3) is 0 Å². The minimum Gasteiger partial charge on any atom is -0.340 e. The molecule has 0 bridgehead atoms. The Morgan fingerprint density at radius 2 is 1.59 bits per heavy atom. The Labute approximate surface area is 194 Å². The van der Waals surface area contributed by atoms with Crippen LogP contribution in [0.5, 0.6) is 0 Å². The van der Waals surface area contributed by atoms with Crippen molar-refractivity contribution < 1.29 is 13.2 Å². The van der Waals surface area contributed by atoms with Gasteiger partial charge in [-0.25, -0.2) is 13.1 Å². The summed E-state index contributed by atoms with van der Waals surface area (Å²) in [6.45, 7) is 7.44. The fourth-order valence-corrected chi connectivity index (χ4v) is 6.54. The Kier molecular flexibility index (Phi) is 6.63. The number of sulfonamides is 1. The van der Waals surface area contributed by atoms with E-state index in [1.165, 1.54) is 4.31 Å². The number of halogens is 1. The molecule has 1 aromatic carbocycles. The maximum Gasteiger partial charge on any atom is 0.246 e. The second-order valence-electron chi connectivity index (χ2n) is 8.70. The molecule has 174 valence electrons. The van der Waals surface area contributed by atoms with E-state index in [2.05, 4.69) is 17.0 Å². The molecule has 3 heterocycles. The monoisotopic (exact) mass is 479 g/mol. The van der Waals surface area contributed by atoms with Crippen LogP contribution in [0, 0.1) is 19.8 Å². The van der Waals surface area contributed by atoms with Crippen molar-refractivity contribution >= 4 is 27.5 Å². The zero-order valence-electron chi connectivity index (χ0n) is 18.8. The molecular weight excluding hydrogens is 450 g/mol. The number of benzene rings is 1. The minimum absolute atomic E-state index is 0.108. The van der Waals surface area contributed by atoms with Crippen LogP contribution in [-0.4, -0.2) is 84.5 Å². The number of amides is 1. The summed E-state index contributed by atoms with van der Waals surface area (Å²) in [5.74, 6) is 0.0573. The molecule has 10 heteroatoms. The Hall–Kier alpha value is -1.94. The summed E-state index contributed by atoms with van der Waals surface area (Å²) in [6.07, 6.45) is 1.10. The molecule has 2 aromatic rings. The molecule has 0 saturated carbocycles. The number of nitrogens with zero attached hydrogens (tertiary/aromatic N) is 5. The van der Waals surface area contributed by atoms with Gasteiger partial charge in [0.15, 0.2) is 0 Å². The second-order valence-corrected chi connectivity index (χ2v) is 11.0. The number of likely N-dealkylation sites (N-methyl/N-ethyl adjacent to an activating group) is 1. The van der Waals surface area contributed by atoms with E-state index in [1.807, 2.05) is 17.0 Å². The number of piperidine rings is 1. The van der Waals surface area contributed by atoms with Gasteiger partial charge in [0.05, 0.1) is 17.1 Å². The van der Waals surface area contributed by atoms with Crippen molar-refractivity contribution in [3.63, 3.8) is 0 Å². The molecule has 1 aromatic heterocycles. The Balaban J connectivity index is 1.48. The molecule has 1 amide bonds. The lowest BCUT2D eigenvalue weighted by molar-refractivity contribution is -0.138. The average molecular weight is 480 g/mol. The Morgan fingerprint density at radius 3 is 2.19 bits per heavy atom. The molecular formula is C22H30ClN5O3S. The summed E-state index contributed by atoms with van der Waals surface area (Å²) in [4.78, 5) is 17.3. The summed E-state index contributed by atoms with van der Waals surface area (Å²) in [6, 6.07) is 7.13. The lowest BCUT2D eigenvalue weighted by Crippen LogP contribution is -2.51. The third-order valence-corrected chi connectivity index (χ3v) is 8.92. The molecule has 0 N–H and O–H groups in total. The highest BCUT2D eigenvalue weighted by molar-refractivity contribution is 7.89. The maximum atomic E-state index is 13.5. The summed E-state index contributed by atoms with van der Waals surface area (Å²) < 4.78 is 30.1. The SMILES string of the molecule is Cc1nn(-c2ccc(Cl)cc2)c(C)c1S(=O)(=O)N1CCC(C(=O)N2CCN(C)CC2)CC1. The van der Waals surface area contributed by atoms with Gasteiger partial charge in [-0.1, -0.05) is 11.6 Å². The van der Waals surface area contributed by atoms with Gasteiger partial charge in [-0.3, -0.25) is 4.79 Å². The highest BCUT2D eigenvalue weighted by atomic mass is 35.5. The van der Waals surface area contributed by atoms with Crippen LogP contribution in [0.1, 0.15) is 24.2 Å². The average Bonchev–Trinajstić information content (AvgIpc) is 3.09. The summed E-state index contributed by atoms with van der Waals surface area (Å²) in [5.41, 5.74) is 1.79. The molecule has 2 saturated heterocycles. The fraction of sp³-hybridized carbons (Fsp3) is 0.545. The highest BCUT2D eigenvalue weighted by Gasteiger charge is 2.37. The van der Waals surface area contributed by atoms with Crippen LogP contribution in [0.25, 0.3) is 5.69 Å². The smallest absolute Gasteiger partial charge is 0.246 e. The molecule has 2 aliphatic heterocycles. The molecule has 2 aliphatic rings. The lowest BCUT2D eigenvalue weighted by atomic mass is 9.96. The quantitative estimate of drug-likeness (QED) is 0.672. The standard InChI is InChI=1S/C22H30ClN5O3S/c1-16-21(17(2)28(24-16)20-6-4-19(23)5-7-20)32(30,31)27-10-8-18(9-11-27)22(29)26-14-12-25(3)13-15-26/h4-7,18H,8-15H2,1-3H3. The molecule has 0 spiro atoms. The number of piperazine rings is 1. The first-order valence-electron chi connectivity index (χ1n) is 11.0. The largest absolute Gasteiger partial charge is 0.340 e. The van der Waals surface area contributed by atoms with Gasteiger partial charge in [-0.2, -0.15) is 9.40 Å². The molecule has 4 rings (SSSR count). The predicted molar refractivity (Wildman–Crippen MR) is 124 cm³/mol. The highest BCUT2D eigenvalue weighted by Crippen LogP contribution is 2.30. The number of hydrogen-bond donors (Lipinski definition) is 0. The lowest BCUT2D eigenvalue weighted by Gasteiger charge is -2.37. The number of aryl methyl sites for hydroxylation is 1. The first-order chi connectivity index (χ1) is 15.2. The van der Waals surface area contributed by atoms with Crippen LogP contribution in [0.2, 0.25) is 5.02 Å².